The summed E-state index contributed by atoms with van der Waals surface area (Å²) in [5.41, 5.74) is 5.08. The molecule has 42 heavy (non-hydrogen) atoms. The van der Waals surface area contributed by atoms with Crippen molar-refractivity contribution in [3.63, 3.8) is 0 Å². The van der Waals surface area contributed by atoms with E-state index in [2.05, 4.69) is 83.9 Å². The number of benzene rings is 3. The van der Waals surface area contributed by atoms with Crippen LogP contribution in [-0.4, -0.2) is 29.1 Å². The normalized spacial score (nSPS) is 23.3. The van der Waals surface area contributed by atoms with Crippen LogP contribution in [-0.2, 0) is 6.42 Å². The van der Waals surface area contributed by atoms with Crippen LogP contribution in [0.15, 0.2) is 66.7 Å². The van der Waals surface area contributed by atoms with Gasteiger partial charge in [0.15, 0.2) is 0 Å². The maximum absolute atomic E-state index is 4.39. The van der Waals surface area contributed by atoms with Crippen molar-refractivity contribution in [1.82, 2.24) is 4.90 Å². The largest absolute Gasteiger partial charge is 0.378 e. The topological polar surface area (TPSA) is 15.3 Å². The first kappa shape index (κ1) is 28.5. The molecule has 0 heterocycles. The lowest BCUT2D eigenvalue weighted by Gasteiger charge is -2.54. The molecule has 0 spiro atoms. The number of hydrogen-bond donors (Lipinski definition) is 1. The number of aryl methyl sites for hydroxylation is 1. The van der Waals surface area contributed by atoms with E-state index in [1.165, 1.54) is 138 Å². The number of hydrogen-bond acceptors (Lipinski definition) is 2. The van der Waals surface area contributed by atoms with E-state index in [1.807, 2.05) is 0 Å². The molecule has 1 N–H and O–H groups in total. The number of anilines is 1. The average Bonchev–Trinajstić information content (AvgIpc) is 3.63. The Bertz CT molecular complexity index is 1330. The van der Waals surface area contributed by atoms with Crippen molar-refractivity contribution in [2.45, 2.75) is 134 Å². The van der Waals surface area contributed by atoms with Gasteiger partial charge in [0.05, 0.1) is 5.54 Å². The second-order valence-electron chi connectivity index (χ2n) is 15.0. The quantitative estimate of drug-likeness (QED) is 0.263. The molecule has 0 saturated heterocycles. The molecule has 2 nitrogen and oxygen atoms in total. The van der Waals surface area contributed by atoms with Gasteiger partial charge in [0.2, 0.25) is 0 Å². The molecule has 0 aromatic heterocycles. The fourth-order valence-corrected chi connectivity index (χ4v) is 9.58. The molecule has 0 amide bonds. The summed E-state index contributed by atoms with van der Waals surface area (Å²) in [5.74, 6) is 0.820. The minimum absolute atomic E-state index is 0. The molecule has 0 bridgehead atoms. The molecule has 3 aromatic carbocycles. The monoisotopic (exact) mass is 564 g/mol. The number of fused-ring (bicyclic) bond motifs is 1. The van der Waals surface area contributed by atoms with Crippen molar-refractivity contribution >= 4 is 16.5 Å². The fourth-order valence-electron chi connectivity index (χ4n) is 9.58. The van der Waals surface area contributed by atoms with Crippen LogP contribution in [0.5, 0.6) is 0 Å². The minimum atomic E-state index is 0. The first-order chi connectivity index (χ1) is 20.6. The predicted octanol–water partition coefficient (Wildman–Crippen LogP) is 10.7. The highest BCUT2D eigenvalue weighted by molar-refractivity contribution is 5.85. The lowest BCUT2D eigenvalue weighted by molar-refractivity contribution is 0.00207. The van der Waals surface area contributed by atoms with Crippen molar-refractivity contribution in [2.75, 3.05) is 11.9 Å². The van der Waals surface area contributed by atoms with Gasteiger partial charge in [-0.3, -0.25) is 4.90 Å². The highest BCUT2D eigenvalue weighted by Gasteiger charge is 2.53. The lowest BCUT2D eigenvalue weighted by atomic mass is 9.71. The summed E-state index contributed by atoms with van der Waals surface area (Å²) in [6.07, 6.45) is 23.8. The molecule has 7 rings (SSSR count). The Labute approximate surface area is 257 Å². The molecule has 0 radical (unpaired) electrons. The van der Waals surface area contributed by atoms with E-state index < -0.39 is 0 Å². The fraction of sp³-hybridized carbons (Fsp3) is 0.600. The van der Waals surface area contributed by atoms with Gasteiger partial charge in [-0.2, -0.15) is 0 Å². The standard InChI is InChI=1S/C40H54N2.H2/c1-31-14-8-9-19-35(31)29-39(26-27-39)30-42(37-20-6-3-7-21-37)38(33-16-4-2-5-17-33)40(24-12-13-25-40)41-36-23-22-32-15-10-11-18-34(32)28-36;/h8-11,14-15,18-19,22-23,28,33,37-38,41H,2-7,12-13,16-17,20-21,24-27,29-30H2,1H3;1H. The molecule has 4 saturated carbocycles. The number of nitrogens with zero attached hydrogens (tertiary/aromatic N) is 1. The maximum Gasteiger partial charge on any atom is 0.0531 e. The van der Waals surface area contributed by atoms with Crippen molar-refractivity contribution in [2.24, 2.45) is 11.3 Å². The Balaban J connectivity index is 0.00000329. The molecule has 4 fully saturated rings. The first-order valence-corrected chi connectivity index (χ1v) is 17.7. The molecule has 4 aliphatic rings. The zero-order chi connectivity index (χ0) is 28.4. The summed E-state index contributed by atoms with van der Waals surface area (Å²) >= 11 is 0. The third kappa shape index (κ3) is 6.03. The van der Waals surface area contributed by atoms with Crippen LogP contribution in [0.4, 0.5) is 5.69 Å². The Hall–Kier alpha value is -2.32. The van der Waals surface area contributed by atoms with Crippen molar-refractivity contribution in [1.29, 1.82) is 0 Å². The molecule has 0 aliphatic heterocycles. The Morgan fingerprint density at radius 2 is 1.40 bits per heavy atom. The molecule has 1 unspecified atom stereocenters. The van der Waals surface area contributed by atoms with Gasteiger partial charge in [-0.25, -0.2) is 0 Å². The Morgan fingerprint density at radius 3 is 2.12 bits per heavy atom. The van der Waals surface area contributed by atoms with E-state index in [4.69, 9.17) is 0 Å². The lowest BCUT2D eigenvalue weighted by Crippen LogP contribution is -2.63. The minimum Gasteiger partial charge on any atom is -0.378 e. The predicted molar refractivity (Wildman–Crippen MR) is 181 cm³/mol. The number of nitrogens with one attached hydrogen (secondary N) is 1. The van der Waals surface area contributed by atoms with Gasteiger partial charge >= 0.3 is 0 Å². The zero-order valence-corrected chi connectivity index (χ0v) is 26.3. The van der Waals surface area contributed by atoms with Crippen molar-refractivity contribution in [3.8, 4) is 0 Å². The molecule has 2 heteroatoms. The second kappa shape index (κ2) is 12.4. The van der Waals surface area contributed by atoms with Crippen LogP contribution < -0.4 is 5.32 Å². The van der Waals surface area contributed by atoms with Crippen LogP contribution >= 0.6 is 0 Å². The van der Waals surface area contributed by atoms with Crippen molar-refractivity contribution < 1.29 is 1.43 Å². The Kier molecular flexibility index (Phi) is 8.37. The van der Waals surface area contributed by atoms with Gasteiger partial charge in [-0.05, 0) is 110 Å². The highest BCUT2D eigenvalue weighted by Crippen LogP contribution is 2.53. The van der Waals surface area contributed by atoms with Gasteiger partial charge in [0.1, 0.15) is 0 Å². The van der Waals surface area contributed by atoms with Gasteiger partial charge in [0, 0.05) is 25.7 Å². The third-order valence-corrected chi connectivity index (χ3v) is 12.0. The second-order valence-corrected chi connectivity index (χ2v) is 15.0. The van der Waals surface area contributed by atoms with Crippen LogP contribution in [0.2, 0.25) is 0 Å². The maximum atomic E-state index is 4.39. The molecule has 226 valence electrons. The van der Waals surface area contributed by atoms with E-state index in [0.29, 0.717) is 11.5 Å². The zero-order valence-electron chi connectivity index (χ0n) is 26.3. The summed E-state index contributed by atoms with van der Waals surface area (Å²) in [7, 11) is 0. The summed E-state index contributed by atoms with van der Waals surface area (Å²) in [4.78, 5) is 3.22. The Morgan fingerprint density at radius 1 is 0.738 bits per heavy atom. The summed E-state index contributed by atoms with van der Waals surface area (Å²) < 4.78 is 0. The molecular weight excluding hydrogens is 508 g/mol. The first-order valence-electron chi connectivity index (χ1n) is 17.7. The molecule has 3 aromatic rings. The summed E-state index contributed by atoms with van der Waals surface area (Å²) in [5, 5.41) is 7.10. The van der Waals surface area contributed by atoms with Gasteiger partial charge in [0.25, 0.3) is 0 Å². The van der Waals surface area contributed by atoms with E-state index >= 15 is 0 Å². The van der Waals surface area contributed by atoms with Crippen LogP contribution in [0.25, 0.3) is 10.8 Å². The van der Waals surface area contributed by atoms with E-state index in [1.54, 1.807) is 5.56 Å². The van der Waals surface area contributed by atoms with Gasteiger partial charge in [-0.15, -0.1) is 0 Å². The number of rotatable bonds is 10. The summed E-state index contributed by atoms with van der Waals surface area (Å²) in [6.45, 7) is 3.64. The third-order valence-electron chi connectivity index (χ3n) is 12.0. The van der Waals surface area contributed by atoms with Gasteiger partial charge in [-0.1, -0.05) is 106 Å². The van der Waals surface area contributed by atoms with Crippen LogP contribution in [0.1, 0.15) is 115 Å². The van der Waals surface area contributed by atoms with Gasteiger partial charge < -0.3 is 5.32 Å². The average molecular weight is 565 g/mol. The van der Waals surface area contributed by atoms with Crippen LogP contribution in [0, 0.1) is 18.3 Å². The SMILES string of the molecule is Cc1ccccc1CC1(CN(C2CCCCC2)C(C2CCCCC2)C2(Nc3ccc4ccccc4c3)CCCC2)CC1.[HH]. The van der Waals surface area contributed by atoms with Crippen molar-refractivity contribution in [3.05, 3.63) is 77.9 Å². The van der Waals surface area contributed by atoms with Crippen LogP contribution in [0.3, 0.4) is 0 Å². The summed E-state index contributed by atoms with van der Waals surface area (Å²) in [6, 6.07) is 26.7. The molecular formula is C40H56N2. The molecule has 4 aliphatic carbocycles. The molecule has 1 atom stereocenters. The van der Waals surface area contributed by atoms with E-state index in [9.17, 15) is 0 Å². The smallest absolute Gasteiger partial charge is 0.0531 e. The van der Waals surface area contributed by atoms with E-state index in [-0.39, 0.29) is 6.97 Å². The highest BCUT2D eigenvalue weighted by atomic mass is 15.3. The van der Waals surface area contributed by atoms with E-state index in [0.717, 1.165) is 12.0 Å².